The molecule has 1 aliphatic rings. The van der Waals surface area contributed by atoms with Gasteiger partial charge in [-0.1, -0.05) is 43.4 Å². The van der Waals surface area contributed by atoms with Crippen molar-refractivity contribution < 1.29 is 13.9 Å². The molecule has 0 radical (unpaired) electrons. The van der Waals surface area contributed by atoms with Crippen molar-refractivity contribution >= 4 is 12.2 Å². The van der Waals surface area contributed by atoms with Gasteiger partial charge < -0.3 is 15.3 Å². The molecule has 1 atom stereocenters. The second-order valence-electron chi connectivity index (χ2n) is 8.61. The van der Waals surface area contributed by atoms with Gasteiger partial charge in [0.1, 0.15) is 11.6 Å². The zero-order valence-corrected chi connectivity index (χ0v) is 19.7. The van der Waals surface area contributed by atoms with E-state index in [1.54, 1.807) is 19.1 Å². The van der Waals surface area contributed by atoms with E-state index >= 15 is 0 Å². The third-order valence-corrected chi connectivity index (χ3v) is 6.02. The summed E-state index contributed by atoms with van der Waals surface area (Å²) in [5.41, 5.74) is 3.24. The highest BCUT2D eigenvalue weighted by Crippen LogP contribution is 2.25. The van der Waals surface area contributed by atoms with E-state index in [-0.39, 0.29) is 24.3 Å². The number of benzene rings is 2. The molecule has 3 nitrogen and oxygen atoms in total. The monoisotopic (exact) mass is 442 g/mol. The lowest BCUT2D eigenvalue weighted by Crippen LogP contribution is -2.38. The van der Waals surface area contributed by atoms with Gasteiger partial charge in [-0.3, -0.25) is 0 Å². The average molecular weight is 443 g/mol. The first-order valence-corrected chi connectivity index (χ1v) is 11.2. The van der Waals surface area contributed by atoms with E-state index in [1.165, 1.54) is 37.5 Å². The molecule has 0 aliphatic heterocycles. The van der Waals surface area contributed by atoms with E-state index in [9.17, 15) is 8.78 Å². The van der Waals surface area contributed by atoms with Crippen LogP contribution >= 0.6 is 0 Å². The molecule has 1 aliphatic carbocycles. The molecule has 2 N–H and O–H groups in total. The smallest absolute Gasteiger partial charge is 0.126 e. The molecule has 0 heterocycles. The van der Waals surface area contributed by atoms with E-state index in [4.69, 9.17) is 5.11 Å². The average Bonchev–Trinajstić information content (AvgIpc) is 2.74. The predicted molar refractivity (Wildman–Crippen MR) is 130 cm³/mol. The Hall–Kier alpha value is -2.66. The van der Waals surface area contributed by atoms with Crippen molar-refractivity contribution in [3.05, 3.63) is 82.7 Å². The second-order valence-corrected chi connectivity index (χ2v) is 8.61. The summed E-state index contributed by atoms with van der Waals surface area (Å²) in [7, 11) is 1.96. The highest BCUT2D eigenvalue weighted by Gasteiger charge is 2.18. The van der Waals surface area contributed by atoms with Gasteiger partial charge in [-0.05, 0) is 80.0 Å². The van der Waals surface area contributed by atoms with E-state index in [1.807, 2.05) is 44.0 Å². The van der Waals surface area contributed by atoms with E-state index < -0.39 is 0 Å². The molecule has 1 unspecified atom stereocenters. The molecule has 1 fully saturated rings. The fourth-order valence-electron chi connectivity index (χ4n) is 3.25. The van der Waals surface area contributed by atoms with Gasteiger partial charge in [0, 0.05) is 13.6 Å². The van der Waals surface area contributed by atoms with Crippen LogP contribution in [0.25, 0.3) is 12.2 Å². The zero-order valence-electron chi connectivity index (χ0n) is 19.7. The minimum absolute atomic E-state index is 0.136. The molecule has 174 valence electrons. The maximum atomic E-state index is 13.5. The zero-order chi connectivity index (χ0) is 23.7. The fourth-order valence-corrected chi connectivity index (χ4v) is 3.25. The first-order valence-electron chi connectivity index (χ1n) is 11.2. The van der Waals surface area contributed by atoms with Gasteiger partial charge in [-0.15, -0.1) is 0 Å². The standard InChI is InChI=1S/C16H14F2.C11H22N2O/c1-11-9-14(12(2)16(18)10-11)6-3-13-4-7-15(17)8-5-13;1-9(8-14)13(3)10(2)12-7-11-5-4-6-11/h3-10H,1-2H3;9,11-12,14H,2,4-8H2,1,3H3/b6-3+;. The molecule has 0 amide bonds. The van der Waals surface area contributed by atoms with E-state index in [0.29, 0.717) is 5.56 Å². The molecule has 0 bridgehead atoms. The van der Waals surface area contributed by atoms with Crippen molar-refractivity contribution in [2.75, 3.05) is 20.2 Å². The Morgan fingerprint density at radius 1 is 1.19 bits per heavy atom. The van der Waals surface area contributed by atoms with Crippen molar-refractivity contribution in [1.29, 1.82) is 0 Å². The van der Waals surface area contributed by atoms with Crippen LogP contribution < -0.4 is 5.32 Å². The first-order chi connectivity index (χ1) is 15.2. The summed E-state index contributed by atoms with van der Waals surface area (Å²) in [6.07, 6.45) is 7.76. The van der Waals surface area contributed by atoms with Crippen molar-refractivity contribution in [3.63, 3.8) is 0 Å². The van der Waals surface area contributed by atoms with E-state index in [2.05, 4.69) is 11.9 Å². The van der Waals surface area contributed by atoms with Gasteiger partial charge in [0.15, 0.2) is 0 Å². The molecule has 32 heavy (non-hydrogen) atoms. The lowest BCUT2D eigenvalue weighted by Gasteiger charge is -2.31. The van der Waals surface area contributed by atoms with Gasteiger partial charge in [0.05, 0.1) is 18.5 Å². The second kappa shape index (κ2) is 12.4. The predicted octanol–water partition coefficient (Wildman–Crippen LogP) is 5.91. The van der Waals surface area contributed by atoms with Gasteiger partial charge in [0.2, 0.25) is 0 Å². The summed E-state index contributed by atoms with van der Waals surface area (Å²) in [4.78, 5) is 1.98. The van der Waals surface area contributed by atoms with Gasteiger partial charge >= 0.3 is 0 Å². The van der Waals surface area contributed by atoms with Crippen LogP contribution in [0.1, 0.15) is 48.4 Å². The number of hydrogen-bond acceptors (Lipinski definition) is 3. The van der Waals surface area contributed by atoms with Crippen LogP contribution in [-0.4, -0.2) is 36.2 Å². The third kappa shape index (κ3) is 7.79. The quantitative estimate of drug-likeness (QED) is 0.499. The highest BCUT2D eigenvalue weighted by molar-refractivity contribution is 5.71. The van der Waals surface area contributed by atoms with Crippen LogP contribution in [0.15, 0.2) is 48.8 Å². The fraction of sp³-hybridized carbons (Fsp3) is 0.407. The summed E-state index contributed by atoms with van der Waals surface area (Å²) in [5.74, 6) is 1.29. The van der Waals surface area contributed by atoms with Crippen LogP contribution in [0.3, 0.4) is 0 Å². The molecule has 3 rings (SSSR count). The minimum Gasteiger partial charge on any atom is -0.394 e. The Labute approximate surface area is 191 Å². The molecule has 2 aromatic carbocycles. The van der Waals surface area contributed by atoms with E-state index in [0.717, 1.165) is 35.0 Å². The number of nitrogens with zero attached hydrogens (tertiary/aromatic N) is 1. The third-order valence-electron chi connectivity index (χ3n) is 6.02. The number of likely N-dealkylation sites (N-methyl/N-ethyl adjacent to an activating group) is 1. The molecule has 1 saturated carbocycles. The number of nitrogens with one attached hydrogen (secondary N) is 1. The summed E-state index contributed by atoms with van der Waals surface area (Å²) >= 11 is 0. The maximum absolute atomic E-state index is 13.5. The summed E-state index contributed by atoms with van der Waals surface area (Å²) in [5, 5.41) is 12.3. The Balaban J connectivity index is 0.000000235. The van der Waals surface area contributed by atoms with Crippen LogP contribution in [0, 0.1) is 31.4 Å². The van der Waals surface area contributed by atoms with Gasteiger partial charge in [0.25, 0.3) is 0 Å². The van der Waals surface area contributed by atoms with Crippen molar-refractivity contribution in [3.8, 4) is 0 Å². The number of aryl methyl sites for hydroxylation is 1. The van der Waals surface area contributed by atoms with Crippen LogP contribution in [0.5, 0.6) is 0 Å². The first kappa shape index (κ1) is 25.6. The van der Waals surface area contributed by atoms with Crippen molar-refractivity contribution in [2.45, 2.75) is 46.1 Å². The Morgan fingerprint density at radius 3 is 2.41 bits per heavy atom. The summed E-state index contributed by atoms with van der Waals surface area (Å²) in [6.45, 7) is 10.7. The molecule has 0 spiro atoms. The van der Waals surface area contributed by atoms with Crippen LogP contribution in [0.4, 0.5) is 8.78 Å². The number of rotatable bonds is 8. The number of halogens is 2. The lowest BCUT2D eigenvalue weighted by atomic mass is 9.85. The maximum Gasteiger partial charge on any atom is 0.126 e. The lowest BCUT2D eigenvalue weighted by molar-refractivity contribution is 0.176. The molecule has 0 saturated heterocycles. The molecule has 2 aromatic rings. The normalized spacial score (nSPS) is 14.3. The van der Waals surface area contributed by atoms with Crippen LogP contribution in [0.2, 0.25) is 0 Å². The Bertz CT molecular complexity index is 905. The molecular formula is C27H36F2N2O. The van der Waals surface area contributed by atoms with Gasteiger partial charge in [-0.25, -0.2) is 8.78 Å². The number of aliphatic hydroxyl groups excluding tert-OH is 1. The summed E-state index contributed by atoms with van der Waals surface area (Å²) in [6, 6.07) is 9.77. The molecule has 5 heteroatoms. The van der Waals surface area contributed by atoms with Crippen molar-refractivity contribution in [2.24, 2.45) is 5.92 Å². The van der Waals surface area contributed by atoms with Crippen LogP contribution in [-0.2, 0) is 0 Å². The minimum atomic E-state index is -0.259. The van der Waals surface area contributed by atoms with Gasteiger partial charge in [-0.2, -0.15) is 0 Å². The number of aliphatic hydroxyl groups is 1. The number of hydrogen-bond donors (Lipinski definition) is 2. The topological polar surface area (TPSA) is 35.5 Å². The SMILES string of the molecule is C=C(NCC1CCC1)N(C)C(C)CO.Cc1cc(F)c(C)c(/C=C/c2ccc(F)cc2)c1. The molecular weight excluding hydrogens is 406 g/mol. The Kier molecular flexibility index (Phi) is 9.92. The summed E-state index contributed by atoms with van der Waals surface area (Å²) < 4.78 is 26.3. The van der Waals surface area contributed by atoms with Crippen molar-refractivity contribution in [1.82, 2.24) is 10.2 Å². The largest absolute Gasteiger partial charge is 0.394 e. The highest BCUT2D eigenvalue weighted by atomic mass is 19.1. The Morgan fingerprint density at radius 2 is 1.84 bits per heavy atom. The molecule has 0 aromatic heterocycles.